The smallest absolute Gasteiger partial charge is 0.189 e. The van der Waals surface area contributed by atoms with Crippen LogP contribution in [-0.4, -0.2) is 5.78 Å². The van der Waals surface area contributed by atoms with Crippen LogP contribution >= 0.6 is 15.9 Å². The molecule has 0 spiro atoms. The summed E-state index contributed by atoms with van der Waals surface area (Å²) in [5.41, 5.74) is 7.93. The maximum absolute atomic E-state index is 12.2. The molecule has 1 aliphatic carbocycles. The van der Waals surface area contributed by atoms with Gasteiger partial charge in [-0.1, -0.05) is 22.0 Å². The highest BCUT2D eigenvalue weighted by Gasteiger charge is 2.16. The molecule has 0 unspecified atom stereocenters. The van der Waals surface area contributed by atoms with Crippen LogP contribution in [0.3, 0.4) is 0 Å². The Labute approximate surface area is 104 Å². The number of carbonyl (C=O) groups excluding carboxylic acids is 1. The van der Waals surface area contributed by atoms with Gasteiger partial charge in [-0.3, -0.25) is 4.79 Å². The molecule has 0 heterocycles. The second-order valence-electron chi connectivity index (χ2n) is 4.04. The minimum Gasteiger partial charge on any atom is -0.399 e. The Balaban J connectivity index is 2.33. The van der Waals surface area contributed by atoms with Crippen molar-refractivity contribution in [1.82, 2.24) is 0 Å². The van der Waals surface area contributed by atoms with Crippen LogP contribution in [0.15, 0.2) is 34.3 Å². The third-order valence-corrected chi connectivity index (χ3v) is 3.51. The molecule has 0 atom stereocenters. The van der Waals surface area contributed by atoms with Gasteiger partial charge in [0, 0.05) is 15.7 Å². The summed E-state index contributed by atoms with van der Waals surface area (Å²) in [6, 6.07) is 5.35. The van der Waals surface area contributed by atoms with E-state index in [9.17, 15) is 4.79 Å². The number of hydrogen-bond donors (Lipinski definition) is 1. The van der Waals surface area contributed by atoms with E-state index in [4.69, 9.17) is 5.73 Å². The zero-order valence-corrected chi connectivity index (χ0v) is 10.6. The van der Waals surface area contributed by atoms with Crippen molar-refractivity contribution in [3.05, 3.63) is 39.9 Å². The number of rotatable bonds is 2. The molecule has 84 valence electrons. The molecule has 0 aromatic heterocycles. The normalized spacial score (nSPS) is 15.7. The molecule has 1 aromatic rings. The topological polar surface area (TPSA) is 43.1 Å². The summed E-state index contributed by atoms with van der Waals surface area (Å²) in [5.74, 6) is 0.110. The molecule has 0 saturated heterocycles. The Kier molecular flexibility index (Phi) is 3.44. The van der Waals surface area contributed by atoms with Gasteiger partial charge >= 0.3 is 0 Å². The first-order valence-electron chi connectivity index (χ1n) is 5.47. The molecule has 16 heavy (non-hydrogen) atoms. The Hall–Kier alpha value is -1.09. The summed E-state index contributed by atoms with van der Waals surface area (Å²) in [6.07, 6.45) is 6.26. The Bertz CT molecular complexity index is 451. The fourth-order valence-corrected chi connectivity index (χ4v) is 2.36. The van der Waals surface area contributed by atoms with Crippen LogP contribution in [-0.2, 0) is 0 Å². The molecule has 0 amide bonds. The highest BCUT2D eigenvalue weighted by Crippen LogP contribution is 2.26. The van der Waals surface area contributed by atoms with E-state index in [-0.39, 0.29) is 5.78 Å². The van der Waals surface area contributed by atoms with E-state index in [0.717, 1.165) is 29.3 Å². The number of nitrogens with two attached hydrogens (primary N) is 1. The third-order valence-electron chi connectivity index (χ3n) is 2.82. The molecule has 0 bridgehead atoms. The predicted octanol–water partition coefficient (Wildman–Crippen LogP) is 3.71. The Morgan fingerprint density at radius 1 is 1.31 bits per heavy atom. The first-order chi connectivity index (χ1) is 7.68. The van der Waals surface area contributed by atoms with E-state index >= 15 is 0 Å². The molecule has 1 aromatic carbocycles. The van der Waals surface area contributed by atoms with E-state index < -0.39 is 0 Å². The third kappa shape index (κ3) is 2.35. The summed E-state index contributed by atoms with van der Waals surface area (Å²) < 4.78 is 0.818. The lowest BCUT2D eigenvalue weighted by atomic mass is 9.93. The number of ketones is 1. The molecule has 0 aliphatic heterocycles. The number of Topliss-reactive ketones (excluding diaryl/α,β-unsaturated/α-hetero) is 1. The van der Waals surface area contributed by atoms with Gasteiger partial charge < -0.3 is 5.73 Å². The van der Waals surface area contributed by atoms with E-state index in [0.29, 0.717) is 11.3 Å². The second-order valence-corrected chi connectivity index (χ2v) is 4.90. The van der Waals surface area contributed by atoms with Gasteiger partial charge in [0.1, 0.15) is 0 Å². The summed E-state index contributed by atoms with van der Waals surface area (Å²) in [5, 5.41) is 0. The summed E-state index contributed by atoms with van der Waals surface area (Å²) in [6.45, 7) is 0. The number of benzene rings is 1. The van der Waals surface area contributed by atoms with Gasteiger partial charge in [0.05, 0.1) is 0 Å². The van der Waals surface area contributed by atoms with Crippen molar-refractivity contribution in [3.63, 3.8) is 0 Å². The SMILES string of the molecule is Nc1ccc(Br)c(C(=O)C2=CCCCC2)c1. The fraction of sp³-hybridized carbons (Fsp3) is 0.308. The zero-order valence-electron chi connectivity index (χ0n) is 9.00. The highest BCUT2D eigenvalue weighted by molar-refractivity contribution is 9.10. The lowest BCUT2D eigenvalue weighted by molar-refractivity contribution is 0.102. The number of anilines is 1. The van der Waals surface area contributed by atoms with Gasteiger partial charge in [-0.05, 0) is 49.5 Å². The number of nitrogen functional groups attached to an aromatic ring is 1. The van der Waals surface area contributed by atoms with Crippen LogP contribution in [0, 0.1) is 0 Å². The van der Waals surface area contributed by atoms with Gasteiger partial charge in [-0.15, -0.1) is 0 Å². The second kappa shape index (κ2) is 4.83. The Morgan fingerprint density at radius 2 is 2.12 bits per heavy atom. The van der Waals surface area contributed by atoms with Crippen LogP contribution in [0.4, 0.5) is 5.69 Å². The maximum Gasteiger partial charge on any atom is 0.189 e. The van der Waals surface area contributed by atoms with E-state index in [1.165, 1.54) is 6.42 Å². The molecule has 0 fully saturated rings. The summed E-state index contributed by atoms with van der Waals surface area (Å²) >= 11 is 3.39. The lowest BCUT2D eigenvalue weighted by Gasteiger charge is -2.12. The van der Waals surface area contributed by atoms with Crippen molar-refractivity contribution in [2.24, 2.45) is 0 Å². The van der Waals surface area contributed by atoms with Gasteiger partial charge in [0.15, 0.2) is 5.78 Å². The zero-order chi connectivity index (χ0) is 11.5. The molecule has 2 nitrogen and oxygen atoms in total. The van der Waals surface area contributed by atoms with Gasteiger partial charge in [-0.25, -0.2) is 0 Å². The number of hydrogen-bond acceptors (Lipinski definition) is 2. The van der Waals surface area contributed by atoms with Crippen molar-refractivity contribution in [1.29, 1.82) is 0 Å². The average Bonchev–Trinajstić information content (AvgIpc) is 2.32. The van der Waals surface area contributed by atoms with Crippen LogP contribution < -0.4 is 5.73 Å². The molecule has 0 radical (unpaired) electrons. The van der Waals surface area contributed by atoms with Crippen molar-refractivity contribution >= 4 is 27.4 Å². The van der Waals surface area contributed by atoms with Crippen LogP contribution in [0.1, 0.15) is 36.0 Å². The molecule has 1 aliphatic rings. The number of halogens is 1. The monoisotopic (exact) mass is 279 g/mol. The van der Waals surface area contributed by atoms with E-state index in [1.54, 1.807) is 12.1 Å². The molecular weight excluding hydrogens is 266 g/mol. The van der Waals surface area contributed by atoms with E-state index in [1.807, 2.05) is 6.07 Å². The fourth-order valence-electron chi connectivity index (χ4n) is 1.93. The molecule has 2 N–H and O–H groups in total. The maximum atomic E-state index is 12.2. The number of carbonyl (C=O) groups is 1. The Morgan fingerprint density at radius 3 is 2.81 bits per heavy atom. The summed E-state index contributed by atoms with van der Waals surface area (Å²) in [4.78, 5) is 12.2. The minimum absolute atomic E-state index is 0.110. The van der Waals surface area contributed by atoms with Gasteiger partial charge in [0.2, 0.25) is 0 Å². The van der Waals surface area contributed by atoms with Gasteiger partial charge in [-0.2, -0.15) is 0 Å². The van der Waals surface area contributed by atoms with Gasteiger partial charge in [0.25, 0.3) is 0 Å². The van der Waals surface area contributed by atoms with Crippen molar-refractivity contribution in [3.8, 4) is 0 Å². The first-order valence-corrected chi connectivity index (χ1v) is 6.26. The molecular formula is C13H14BrNO. The molecule has 3 heteroatoms. The quantitative estimate of drug-likeness (QED) is 0.662. The average molecular weight is 280 g/mol. The van der Waals surface area contributed by atoms with Crippen LogP contribution in [0.2, 0.25) is 0 Å². The first kappa shape index (κ1) is 11.4. The standard InChI is InChI=1S/C13H14BrNO/c14-12-7-6-10(15)8-11(12)13(16)9-4-2-1-3-5-9/h4,6-8H,1-3,5,15H2. The largest absolute Gasteiger partial charge is 0.399 e. The van der Waals surface area contributed by atoms with Crippen LogP contribution in [0.25, 0.3) is 0 Å². The van der Waals surface area contributed by atoms with Crippen molar-refractivity contribution in [2.45, 2.75) is 25.7 Å². The predicted molar refractivity (Wildman–Crippen MR) is 69.4 cm³/mol. The summed E-state index contributed by atoms with van der Waals surface area (Å²) in [7, 11) is 0. The highest BCUT2D eigenvalue weighted by atomic mass is 79.9. The van der Waals surface area contributed by atoms with Crippen LogP contribution in [0.5, 0.6) is 0 Å². The minimum atomic E-state index is 0.110. The lowest BCUT2D eigenvalue weighted by Crippen LogP contribution is -2.07. The number of allylic oxidation sites excluding steroid dienone is 2. The molecule has 2 rings (SSSR count). The molecule has 0 saturated carbocycles. The van der Waals surface area contributed by atoms with Crippen molar-refractivity contribution < 1.29 is 4.79 Å². The van der Waals surface area contributed by atoms with Crippen molar-refractivity contribution in [2.75, 3.05) is 5.73 Å². The van der Waals surface area contributed by atoms with E-state index in [2.05, 4.69) is 22.0 Å².